The van der Waals surface area contributed by atoms with Crippen LogP contribution in [0.2, 0.25) is 0 Å². The molecule has 5 heavy (non-hydrogen) atoms. The highest BCUT2D eigenvalue weighted by Gasteiger charge is 2.11. The van der Waals surface area contributed by atoms with Crippen LogP contribution in [0.4, 0.5) is 8.78 Å². The van der Waals surface area contributed by atoms with E-state index in [1.54, 1.807) is 0 Å². The van der Waals surface area contributed by atoms with Gasteiger partial charge in [0, 0.05) is 6.92 Å². The molecule has 0 aliphatic carbocycles. The van der Waals surface area contributed by atoms with Crippen LogP contribution in [0.3, 0.4) is 0 Å². The Morgan fingerprint density at radius 1 is 1.60 bits per heavy atom. The minimum atomic E-state index is -3.50. The van der Waals surface area contributed by atoms with E-state index in [0.29, 0.717) is 6.92 Å². The van der Waals surface area contributed by atoms with E-state index >= 15 is 0 Å². The minimum absolute atomic E-state index is 0.410. The monoisotopic (exact) mass is 82.0 g/mol. The highest BCUT2D eigenvalue weighted by Crippen LogP contribution is 2.02. The second-order valence-electron chi connectivity index (χ2n) is 0.842. The molecule has 0 amide bonds. The molecule has 3 heteroatoms. The summed E-state index contributed by atoms with van der Waals surface area (Å²) >= 11 is 0. The van der Waals surface area contributed by atoms with Crippen molar-refractivity contribution in [3.63, 3.8) is 0 Å². The number of hydrogen-bond acceptors (Lipinski definition) is 1. The molecule has 0 bridgehead atoms. The molecule has 1 nitrogen and oxygen atoms in total. The van der Waals surface area contributed by atoms with Crippen molar-refractivity contribution in [3.8, 4) is 0 Å². The van der Waals surface area contributed by atoms with Gasteiger partial charge in [-0.25, -0.2) is 0 Å². The molecule has 0 aromatic heterocycles. The first kappa shape index (κ1) is 4.82. The summed E-state index contributed by atoms with van der Waals surface area (Å²) in [6.45, 7) is 0.410. The average molecular weight is 82.0 g/mol. The molecule has 0 atom stereocenters. The molecule has 0 aliphatic rings. The van der Waals surface area contributed by atoms with E-state index in [1.807, 2.05) is 0 Å². The average Bonchev–Trinajstić information content (AvgIpc) is 0.722. The van der Waals surface area contributed by atoms with Gasteiger partial charge in [0.05, 0.1) is 0 Å². The van der Waals surface area contributed by atoms with Gasteiger partial charge in [-0.1, -0.05) is 0 Å². The van der Waals surface area contributed by atoms with Gasteiger partial charge in [0.15, 0.2) is 0 Å². The molecule has 0 saturated carbocycles. The SMILES string of the molecule is CC(O)(F)F. The molecule has 0 aromatic rings. The van der Waals surface area contributed by atoms with Gasteiger partial charge in [0.25, 0.3) is 0 Å². The van der Waals surface area contributed by atoms with Crippen molar-refractivity contribution in [1.82, 2.24) is 0 Å². The standard InChI is InChI=1S/C2H4F2O/c1-2(3,4)5/h5H,1H3. The van der Waals surface area contributed by atoms with E-state index < -0.39 is 6.11 Å². The van der Waals surface area contributed by atoms with Gasteiger partial charge in [-0.3, -0.25) is 0 Å². The highest BCUT2D eigenvalue weighted by atomic mass is 19.3. The van der Waals surface area contributed by atoms with Crippen molar-refractivity contribution in [2.75, 3.05) is 0 Å². The van der Waals surface area contributed by atoms with E-state index in [4.69, 9.17) is 5.11 Å². The first-order chi connectivity index (χ1) is 2.00. The largest absolute Gasteiger partial charge is 0.350 e. The zero-order valence-electron chi connectivity index (χ0n) is 2.70. The molecule has 0 heterocycles. The van der Waals surface area contributed by atoms with Gasteiger partial charge in [-0.2, -0.15) is 8.78 Å². The maximum absolute atomic E-state index is 10.6. The normalized spacial score (nSPS) is 12.0. The van der Waals surface area contributed by atoms with Crippen LogP contribution in [0.1, 0.15) is 6.92 Å². The number of hydrogen-bond donors (Lipinski definition) is 1. The van der Waals surface area contributed by atoms with Gasteiger partial charge in [0.1, 0.15) is 0 Å². The molecule has 0 aromatic carbocycles. The van der Waals surface area contributed by atoms with Crippen LogP contribution in [0.15, 0.2) is 0 Å². The lowest BCUT2D eigenvalue weighted by molar-refractivity contribution is -0.181. The van der Waals surface area contributed by atoms with Crippen molar-refractivity contribution in [2.45, 2.75) is 13.0 Å². The van der Waals surface area contributed by atoms with Crippen molar-refractivity contribution >= 4 is 0 Å². The topological polar surface area (TPSA) is 20.2 Å². The minimum Gasteiger partial charge on any atom is -0.337 e. The quantitative estimate of drug-likeness (QED) is 0.453. The first-order valence-electron chi connectivity index (χ1n) is 1.10. The molecule has 0 saturated heterocycles. The zero-order valence-corrected chi connectivity index (χ0v) is 2.70. The van der Waals surface area contributed by atoms with Crippen molar-refractivity contribution in [1.29, 1.82) is 0 Å². The van der Waals surface area contributed by atoms with E-state index in [1.165, 1.54) is 0 Å². The van der Waals surface area contributed by atoms with E-state index in [0.717, 1.165) is 0 Å². The van der Waals surface area contributed by atoms with Gasteiger partial charge in [-0.15, -0.1) is 0 Å². The van der Waals surface area contributed by atoms with Crippen LogP contribution in [0.25, 0.3) is 0 Å². The van der Waals surface area contributed by atoms with Crippen LogP contribution in [-0.4, -0.2) is 11.2 Å². The summed E-state index contributed by atoms with van der Waals surface area (Å²) in [6, 6.07) is 0. The Morgan fingerprint density at radius 2 is 1.60 bits per heavy atom. The predicted molar refractivity (Wildman–Crippen MR) is 12.8 cm³/mol. The van der Waals surface area contributed by atoms with Crippen LogP contribution >= 0.6 is 0 Å². The molecule has 0 aliphatic heterocycles. The first-order valence-corrected chi connectivity index (χ1v) is 1.10. The molecule has 0 rings (SSSR count). The van der Waals surface area contributed by atoms with Crippen molar-refractivity contribution < 1.29 is 13.9 Å². The fourth-order valence-corrected chi connectivity index (χ4v) is 0. The molecule has 0 unspecified atom stereocenters. The molecular formula is C2H4F2O. The Labute approximate surface area is 28.2 Å². The van der Waals surface area contributed by atoms with Crippen LogP contribution < -0.4 is 0 Å². The molecular weight excluding hydrogens is 78.0 g/mol. The second-order valence-corrected chi connectivity index (χ2v) is 0.842. The summed E-state index contributed by atoms with van der Waals surface area (Å²) in [6.07, 6.45) is -3.50. The lowest BCUT2D eigenvalue weighted by Gasteiger charge is -1.93. The summed E-state index contributed by atoms with van der Waals surface area (Å²) in [5.74, 6) is 0. The van der Waals surface area contributed by atoms with Gasteiger partial charge < -0.3 is 5.11 Å². The zero-order chi connectivity index (χ0) is 4.50. The maximum Gasteiger partial charge on any atom is 0.350 e. The van der Waals surface area contributed by atoms with Crippen LogP contribution in [-0.2, 0) is 0 Å². The highest BCUT2D eigenvalue weighted by molar-refractivity contribution is 4.24. The third-order valence-electron chi connectivity index (χ3n) is 0. The number of halogens is 2. The Hall–Kier alpha value is -0.180. The summed E-state index contributed by atoms with van der Waals surface area (Å²) in [7, 11) is 0. The van der Waals surface area contributed by atoms with E-state index in [9.17, 15) is 8.78 Å². The molecule has 32 valence electrons. The molecule has 0 radical (unpaired) electrons. The molecule has 1 N–H and O–H groups in total. The summed E-state index contributed by atoms with van der Waals surface area (Å²) in [4.78, 5) is 0. The third kappa shape index (κ3) is 391. The number of aliphatic hydroxyl groups is 1. The van der Waals surface area contributed by atoms with Gasteiger partial charge in [0.2, 0.25) is 0 Å². The number of rotatable bonds is 0. The summed E-state index contributed by atoms with van der Waals surface area (Å²) in [5, 5.41) is 7.19. The summed E-state index contributed by atoms with van der Waals surface area (Å²) < 4.78 is 21.2. The Balaban J connectivity index is 3.02. The lowest BCUT2D eigenvalue weighted by atomic mass is 10.8. The second kappa shape index (κ2) is 0.897. The van der Waals surface area contributed by atoms with E-state index in [2.05, 4.69) is 0 Å². The Bertz CT molecular complexity index is 23.1. The van der Waals surface area contributed by atoms with Gasteiger partial charge in [-0.05, 0) is 0 Å². The fraction of sp³-hybridized carbons (Fsp3) is 1.00. The Morgan fingerprint density at radius 3 is 1.60 bits per heavy atom. The smallest absolute Gasteiger partial charge is 0.337 e. The molecule has 0 fully saturated rings. The van der Waals surface area contributed by atoms with Gasteiger partial charge >= 0.3 is 6.11 Å². The molecule has 0 spiro atoms. The van der Waals surface area contributed by atoms with Crippen LogP contribution in [0, 0.1) is 0 Å². The lowest BCUT2D eigenvalue weighted by Crippen LogP contribution is -2.04. The van der Waals surface area contributed by atoms with Crippen molar-refractivity contribution in [2.24, 2.45) is 0 Å². The van der Waals surface area contributed by atoms with Crippen LogP contribution in [0.5, 0.6) is 0 Å². The fourth-order valence-electron chi connectivity index (χ4n) is 0. The maximum atomic E-state index is 10.6. The summed E-state index contributed by atoms with van der Waals surface area (Å²) in [5.41, 5.74) is 0. The third-order valence-corrected chi connectivity index (χ3v) is 0. The number of alkyl halides is 2. The van der Waals surface area contributed by atoms with E-state index in [-0.39, 0.29) is 0 Å². The van der Waals surface area contributed by atoms with Crippen molar-refractivity contribution in [3.05, 3.63) is 0 Å². The predicted octanol–water partition coefficient (Wildman–Crippen LogP) is 0.591. The Kier molecular flexibility index (Phi) is 0.865.